The summed E-state index contributed by atoms with van der Waals surface area (Å²) >= 11 is 0. The summed E-state index contributed by atoms with van der Waals surface area (Å²) < 4.78 is 24.9. The van der Waals surface area contributed by atoms with Gasteiger partial charge in [0.05, 0.1) is 6.61 Å². The van der Waals surface area contributed by atoms with Gasteiger partial charge in [-0.2, -0.15) is 0 Å². The second-order valence-corrected chi connectivity index (χ2v) is 8.53. The van der Waals surface area contributed by atoms with Crippen molar-refractivity contribution in [1.82, 2.24) is 10.2 Å². The van der Waals surface area contributed by atoms with E-state index in [0.717, 1.165) is 61.5 Å². The fraction of sp³-hybridized carbons (Fsp3) is 0.480. The Hall–Kier alpha value is -2.60. The summed E-state index contributed by atoms with van der Waals surface area (Å²) in [5, 5.41) is 2.99. The summed E-state index contributed by atoms with van der Waals surface area (Å²) in [5.74, 6) is 1.75. The Morgan fingerprint density at radius 1 is 1.23 bits per heavy atom. The largest absolute Gasteiger partial charge is 0.494 e. The van der Waals surface area contributed by atoms with Crippen LogP contribution in [0.1, 0.15) is 43.4 Å². The van der Waals surface area contributed by atoms with Gasteiger partial charge in [0.1, 0.15) is 23.4 Å². The molecule has 166 valence electrons. The average molecular weight is 427 g/mol. The predicted molar refractivity (Wildman–Crippen MR) is 118 cm³/mol. The zero-order valence-electron chi connectivity index (χ0n) is 18.3. The van der Waals surface area contributed by atoms with Crippen LogP contribution < -0.4 is 14.8 Å². The standard InChI is InChI=1S/C25H31FN2O3/c1-3-30-23-13-20-12-17(2)31-24(20)14-21(23)16-28-10-8-19(9-11-28)25(29)27-15-18-4-6-22(26)7-5-18/h4-7,13-14,17,19H,3,8-12,15-16H2,1-2H3,(H,27,29). The first-order chi connectivity index (χ1) is 15.0. The van der Waals surface area contributed by atoms with Gasteiger partial charge in [-0.1, -0.05) is 12.1 Å². The zero-order valence-corrected chi connectivity index (χ0v) is 18.3. The van der Waals surface area contributed by atoms with Gasteiger partial charge in [0, 0.05) is 36.6 Å². The fourth-order valence-electron chi connectivity index (χ4n) is 4.42. The highest BCUT2D eigenvalue weighted by Crippen LogP contribution is 2.36. The van der Waals surface area contributed by atoms with Crippen LogP contribution in [-0.4, -0.2) is 36.6 Å². The van der Waals surface area contributed by atoms with E-state index in [0.29, 0.717) is 13.2 Å². The van der Waals surface area contributed by atoms with Crippen molar-refractivity contribution in [1.29, 1.82) is 0 Å². The molecule has 4 rings (SSSR count). The Bertz CT molecular complexity index is 908. The predicted octanol–water partition coefficient (Wildman–Crippen LogP) is 4.08. The molecule has 0 aliphatic carbocycles. The van der Waals surface area contributed by atoms with E-state index in [1.165, 1.54) is 17.7 Å². The fourth-order valence-corrected chi connectivity index (χ4v) is 4.42. The summed E-state index contributed by atoms with van der Waals surface area (Å²) in [7, 11) is 0. The molecule has 1 atom stereocenters. The first kappa shape index (κ1) is 21.6. The Balaban J connectivity index is 1.30. The molecule has 0 bridgehead atoms. The molecule has 2 heterocycles. The van der Waals surface area contributed by atoms with E-state index in [9.17, 15) is 9.18 Å². The third-order valence-corrected chi connectivity index (χ3v) is 6.11. The highest BCUT2D eigenvalue weighted by Gasteiger charge is 2.27. The van der Waals surface area contributed by atoms with Crippen LogP contribution in [0.25, 0.3) is 0 Å². The van der Waals surface area contributed by atoms with Crippen LogP contribution in [0.5, 0.6) is 11.5 Å². The van der Waals surface area contributed by atoms with Gasteiger partial charge in [-0.3, -0.25) is 9.69 Å². The van der Waals surface area contributed by atoms with Crippen LogP contribution in [0.15, 0.2) is 36.4 Å². The third-order valence-electron chi connectivity index (χ3n) is 6.11. The molecule has 2 aliphatic heterocycles. The number of nitrogens with zero attached hydrogens (tertiary/aromatic N) is 1. The molecule has 31 heavy (non-hydrogen) atoms. The molecule has 1 unspecified atom stereocenters. The second-order valence-electron chi connectivity index (χ2n) is 8.53. The molecule has 2 aliphatic rings. The molecule has 0 radical (unpaired) electrons. The van der Waals surface area contributed by atoms with Crippen molar-refractivity contribution in [2.45, 2.75) is 52.3 Å². The number of hydrogen-bond acceptors (Lipinski definition) is 4. The number of rotatable bonds is 7. The Kier molecular flexibility index (Phi) is 6.76. The summed E-state index contributed by atoms with van der Waals surface area (Å²) in [6.45, 7) is 7.70. The van der Waals surface area contributed by atoms with Crippen molar-refractivity contribution in [2.75, 3.05) is 19.7 Å². The lowest BCUT2D eigenvalue weighted by molar-refractivity contribution is -0.126. The first-order valence-electron chi connectivity index (χ1n) is 11.2. The average Bonchev–Trinajstić information content (AvgIpc) is 3.13. The lowest BCUT2D eigenvalue weighted by Gasteiger charge is -2.31. The molecule has 2 aromatic carbocycles. The van der Waals surface area contributed by atoms with Gasteiger partial charge in [0.2, 0.25) is 5.91 Å². The minimum absolute atomic E-state index is 0.0206. The lowest BCUT2D eigenvalue weighted by Crippen LogP contribution is -2.40. The monoisotopic (exact) mass is 426 g/mol. The molecule has 1 fully saturated rings. The maximum Gasteiger partial charge on any atom is 0.223 e. The van der Waals surface area contributed by atoms with Gasteiger partial charge in [0.25, 0.3) is 0 Å². The Labute approximate surface area is 183 Å². The molecule has 6 heteroatoms. The van der Waals surface area contributed by atoms with Gasteiger partial charge in [-0.25, -0.2) is 4.39 Å². The van der Waals surface area contributed by atoms with Crippen molar-refractivity contribution in [3.63, 3.8) is 0 Å². The number of fused-ring (bicyclic) bond motifs is 1. The summed E-state index contributed by atoms with van der Waals surface area (Å²) in [4.78, 5) is 14.9. The smallest absolute Gasteiger partial charge is 0.223 e. The number of amides is 1. The zero-order chi connectivity index (χ0) is 21.8. The number of carbonyl (C=O) groups is 1. The van der Waals surface area contributed by atoms with E-state index in [1.54, 1.807) is 12.1 Å². The molecule has 2 aromatic rings. The summed E-state index contributed by atoms with van der Waals surface area (Å²) in [5.41, 5.74) is 3.27. The van der Waals surface area contributed by atoms with Crippen molar-refractivity contribution in [3.05, 3.63) is 58.9 Å². The van der Waals surface area contributed by atoms with Crippen LogP contribution in [-0.2, 0) is 24.3 Å². The maximum absolute atomic E-state index is 13.0. The molecular formula is C25H31FN2O3. The highest BCUT2D eigenvalue weighted by molar-refractivity contribution is 5.78. The van der Waals surface area contributed by atoms with Gasteiger partial charge < -0.3 is 14.8 Å². The normalized spacial score (nSPS) is 19.0. The number of nitrogens with one attached hydrogen (secondary N) is 1. The van der Waals surface area contributed by atoms with E-state index in [-0.39, 0.29) is 23.7 Å². The number of benzene rings is 2. The highest BCUT2D eigenvalue weighted by atomic mass is 19.1. The lowest BCUT2D eigenvalue weighted by atomic mass is 9.95. The van der Waals surface area contributed by atoms with E-state index < -0.39 is 0 Å². The van der Waals surface area contributed by atoms with Crippen molar-refractivity contribution >= 4 is 5.91 Å². The number of halogens is 1. The first-order valence-corrected chi connectivity index (χ1v) is 11.2. The van der Waals surface area contributed by atoms with Crippen LogP contribution in [0.3, 0.4) is 0 Å². The van der Waals surface area contributed by atoms with Gasteiger partial charge >= 0.3 is 0 Å². The van der Waals surface area contributed by atoms with Crippen molar-refractivity contribution in [2.24, 2.45) is 5.92 Å². The molecule has 5 nitrogen and oxygen atoms in total. The summed E-state index contributed by atoms with van der Waals surface area (Å²) in [6.07, 6.45) is 2.80. The molecule has 0 spiro atoms. The SMILES string of the molecule is CCOc1cc2c(cc1CN1CCC(C(=O)NCc3ccc(F)cc3)CC1)OC(C)C2. The minimum atomic E-state index is -0.264. The van der Waals surface area contributed by atoms with E-state index in [1.807, 2.05) is 6.92 Å². The van der Waals surface area contributed by atoms with Gasteiger partial charge in [-0.05, 0) is 69.6 Å². The van der Waals surface area contributed by atoms with Crippen LogP contribution >= 0.6 is 0 Å². The molecule has 1 N–H and O–H groups in total. The quantitative estimate of drug-likeness (QED) is 0.725. The Morgan fingerprint density at radius 3 is 2.68 bits per heavy atom. The third kappa shape index (κ3) is 5.37. The number of hydrogen-bond donors (Lipinski definition) is 1. The van der Waals surface area contributed by atoms with E-state index >= 15 is 0 Å². The number of likely N-dealkylation sites (tertiary alicyclic amines) is 1. The number of carbonyl (C=O) groups excluding carboxylic acids is 1. The Morgan fingerprint density at radius 2 is 1.97 bits per heavy atom. The van der Waals surface area contributed by atoms with Crippen LogP contribution in [0.2, 0.25) is 0 Å². The molecule has 0 aromatic heterocycles. The molecule has 0 saturated carbocycles. The van der Waals surface area contributed by atoms with Crippen molar-refractivity contribution in [3.8, 4) is 11.5 Å². The van der Waals surface area contributed by atoms with Crippen molar-refractivity contribution < 1.29 is 18.7 Å². The minimum Gasteiger partial charge on any atom is -0.494 e. The molecular weight excluding hydrogens is 395 g/mol. The molecule has 1 saturated heterocycles. The number of ether oxygens (including phenoxy) is 2. The number of piperidine rings is 1. The summed E-state index contributed by atoms with van der Waals surface area (Å²) in [6, 6.07) is 10.5. The molecule has 1 amide bonds. The van der Waals surface area contributed by atoms with Crippen LogP contribution in [0, 0.1) is 11.7 Å². The van der Waals surface area contributed by atoms with Crippen LogP contribution in [0.4, 0.5) is 4.39 Å². The van der Waals surface area contributed by atoms with Gasteiger partial charge in [0.15, 0.2) is 0 Å². The maximum atomic E-state index is 13.0. The topological polar surface area (TPSA) is 50.8 Å². The van der Waals surface area contributed by atoms with E-state index in [2.05, 4.69) is 29.3 Å². The van der Waals surface area contributed by atoms with Gasteiger partial charge in [-0.15, -0.1) is 0 Å². The van der Waals surface area contributed by atoms with E-state index in [4.69, 9.17) is 9.47 Å². The second kappa shape index (κ2) is 9.69.